The molecule has 0 unspecified atom stereocenters. The van der Waals surface area contributed by atoms with E-state index in [0.717, 1.165) is 27.8 Å². The zero-order valence-corrected chi connectivity index (χ0v) is 15.8. The van der Waals surface area contributed by atoms with Gasteiger partial charge in [0.1, 0.15) is 9.90 Å². The molecule has 0 aromatic carbocycles. The minimum Gasteiger partial charge on any atom is -0.351 e. The Morgan fingerprint density at radius 2 is 2.04 bits per heavy atom. The maximum atomic E-state index is 12.6. The molecule has 0 fully saturated rings. The molecule has 0 amide bonds. The number of sulfonamides is 1. The fourth-order valence-electron chi connectivity index (χ4n) is 2.16. The third-order valence-corrected chi connectivity index (χ3v) is 7.64. The van der Waals surface area contributed by atoms with E-state index in [1.54, 1.807) is 11.3 Å². The van der Waals surface area contributed by atoms with Crippen LogP contribution in [0.1, 0.15) is 16.2 Å². The van der Waals surface area contributed by atoms with Crippen LogP contribution in [0.5, 0.6) is 0 Å². The van der Waals surface area contributed by atoms with Crippen molar-refractivity contribution in [1.82, 2.24) is 9.88 Å². The minimum absolute atomic E-state index is 0.00644. The van der Waals surface area contributed by atoms with Crippen molar-refractivity contribution in [1.29, 1.82) is 0 Å². The van der Waals surface area contributed by atoms with Crippen molar-refractivity contribution in [3.8, 4) is 10.6 Å². The lowest BCUT2D eigenvalue weighted by atomic mass is 10.2. The Morgan fingerprint density at radius 1 is 1.27 bits per heavy atom. The minimum atomic E-state index is -4.64. The zero-order valence-electron chi connectivity index (χ0n) is 13.3. The van der Waals surface area contributed by atoms with Crippen LogP contribution in [0.15, 0.2) is 38.4 Å². The molecular weight excluding hydrogens is 409 g/mol. The molecule has 26 heavy (non-hydrogen) atoms. The number of aromatic nitrogens is 1. The van der Waals surface area contributed by atoms with Crippen molar-refractivity contribution < 1.29 is 26.1 Å². The number of thiophene rings is 2. The maximum absolute atomic E-state index is 12.6. The molecule has 11 heteroatoms. The van der Waals surface area contributed by atoms with Crippen LogP contribution in [-0.2, 0) is 22.6 Å². The van der Waals surface area contributed by atoms with Crippen LogP contribution >= 0.6 is 22.7 Å². The third-order valence-electron chi connectivity index (χ3n) is 3.50. The number of aryl methyl sites for hydroxylation is 1. The summed E-state index contributed by atoms with van der Waals surface area (Å²) >= 11 is 2.39. The number of rotatable bonds is 6. The van der Waals surface area contributed by atoms with E-state index in [2.05, 4.69) is 14.4 Å². The molecule has 0 aliphatic carbocycles. The summed E-state index contributed by atoms with van der Waals surface area (Å²) in [5, 5.41) is 5.30. The second kappa shape index (κ2) is 7.14. The van der Waals surface area contributed by atoms with E-state index in [9.17, 15) is 21.6 Å². The van der Waals surface area contributed by atoms with E-state index >= 15 is 0 Å². The Morgan fingerprint density at radius 3 is 2.65 bits per heavy atom. The summed E-state index contributed by atoms with van der Waals surface area (Å²) in [6, 6.07) is 5.45. The number of hydrogen-bond acceptors (Lipinski definition) is 6. The molecule has 3 aromatic rings. The van der Waals surface area contributed by atoms with E-state index in [1.165, 1.54) is 12.1 Å². The molecule has 0 spiro atoms. The van der Waals surface area contributed by atoms with Gasteiger partial charge in [0, 0.05) is 17.5 Å². The first-order chi connectivity index (χ1) is 12.2. The van der Waals surface area contributed by atoms with Crippen molar-refractivity contribution in [3.05, 3.63) is 45.8 Å². The van der Waals surface area contributed by atoms with Crippen molar-refractivity contribution in [2.24, 2.45) is 0 Å². The Bertz CT molecular complexity index is 1000. The second-order valence-electron chi connectivity index (χ2n) is 5.37. The topological polar surface area (TPSA) is 72.2 Å². The van der Waals surface area contributed by atoms with Crippen molar-refractivity contribution in [2.75, 3.05) is 6.54 Å². The Hall–Kier alpha value is -1.69. The van der Waals surface area contributed by atoms with Gasteiger partial charge < -0.3 is 4.52 Å². The van der Waals surface area contributed by atoms with Crippen molar-refractivity contribution >= 4 is 32.7 Å². The number of nitrogens with one attached hydrogen (secondary N) is 1. The van der Waals surface area contributed by atoms with Gasteiger partial charge in [-0.05, 0) is 42.5 Å². The first-order valence-corrected chi connectivity index (χ1v) is 10.5. The predicted molar refractivity (Wildman–Crippen MR) is 92.8 cm³/mol. The van der Waals surface area contributed by atoms with E-state index in [4.69, 9.17) is 0 Å². The van der Waals surface area contributed by atoms with Crippen LogP contribution in [0.25, 0.3) is 10.6 Å². The summed E-state index contributed by atoms with van der Waals surface area (Å²) in [5.41, 5.74) is 1.05. The number of halogens is 3. The van der Waals surface area contributed by atoms with Crippen molar-refractivity contribution in [2.45, 2.75) is 23.7 Å². The molecule has 3 rings (SSSR count). The fourth-order valence-corrected chi connectivity index (χ4v) is 5.40. The summed E-state index contributed by atoms with van der Waals surface area (Å²) in [6.45, 7) is 2.19. The highest BCUT2D eigenvalue weighted by atomic mass is 32.2. The number of hydrogen-bond donors (Lipinski definition) is 1. The molecule has 1 N–H and O–H groups in total. The largest absolute Gasteiger partial charge is 0.452 e. The normalized spacial score (nSPS) is 12.6. The second-order valence-corrected chi connectivity index (χ2v) is 9.45. The predicted octanol–water partition coefficient (Wildman–Crippen LogP) is 4.31. The van der Waals surface area contributed by atoms with Gasteiger partial charge in [-0.15, -0.1) is 22.7 Å². The van der Waals surface area contributed by atoms with Crippen LogP contribution in [0, 0.1) is 6.92 Å². The summed E-state index contributed by atoms with van der Waals surface area (Å²) < 4.78 is 69.1. The highest BCUT2D eigenvalue weighted by Crippen LogP contribution is 2.35. The smallest absolute Gasteiger partial charge is 0.351 e. The number of nitrogens with zero attached hydrogens (tertiary/aromatic N) is 1. The molecule has 0 atom stereocenters. The first kappa shape index (κ1) is 19.1. The first-order valence-electron chi connectivity index (χ1n) is 7.33. The van der Waals surface area contributed by atoms with E-state index in [0.29, 0.717) is 6.42 Å². The van der Waals surface area contributed by atoms with Gasteiger partial charge in [0.15, 0.2) is 0 Å². The van der Waals surface area contributed by atoms with Gasteiger partial charge in [-0.2, -0.15) is 13.2 Å². The van der Waals surface area contributed by atoms with Gasteiger partial charge in [0.2, 0.25) is 15.8 Å². The molecule has 3 heterocycles. The van der Waals surface area contributed by atoms with Crippen LogP contribution in [0.3, 0.4) is 0 Å². The highest BCUT2D eigenvalue weighted by Gasteiger charge is 2.36. The van der Waals surface area contributed by atoms with Gasteiger partial charge >= 0.3 is 6.18 Å². The van der Waals surface area contributed by atoms with E-state index in [-0.39, 0.29) is 21.3 Å². The zero-order chi connectivity index (χ0) is 18.9. The lowest BCUT2D eigenvalue weighted by Gasteiger charge is -2.04. The molecule has 0 saturated carbocycles. The van der Waals surface area contributed by atoms with Gasteiger partial charge in [-0.1, -0.05) is 5.16 Å². The monoisotopic (exact) mass is 422 g/mol. The molecule has 0 aliphatic rings. The lowest BCUT2D eigenvalue weighted by Crippen LogP contribution is -2.25. The van der Waals surface area contributed by atoms with E-state index in [1.807, 2.05) is 18.4 Å². The summed E-state index contributed by atoms with van der Waals surface area (Å²) in [4.78, 5) is 1.38. The lowest BCUT2D eigenvalue weighted by molar-refractivity contribution is -0.155. The molecular formula is C15H13F3N2O3S3. The third kappa shape index (κ3) is 4.17. The van der Waals surface area contributed by atoms with Gasteiger partial charge in [-0.25, -0.2) is 13.1 Å². The van der Waals surface area contributed by atoms with Gasteiger partial charge in [0.05, 0.1) is 4.88 Å². The van der Waals surface area contributed by atoms with Crippen molar-refractivity contribution in [3.63, 3.8) is 0 Å². The molecule has 3 aromatic heterocycles. The average Bonchev–Trinajstić information content (AvgIpc) is 3.26. The van der Waals surface area contributed by atoms with Gasteiger partial charge in [-0.3, -0.25) is 0 Å². The highest BCUT2D eigenvalue weighted by molar-refractivity contribution is 7.91. The average molecular weight is 422 g/mol. The van der Waals surface area contributed by atoms with Crippen LogP contribution in [0.2, 0.25) is 0 Å². The maximum Gasteiger partial charge on any atom is 0.452 e. The van der Waals surface area contributed by atoms with E-state index < -0.39 is 22.0 Å². The standard InChI is InChI=1S/C15H13F3N2O3S3/c1-9-5-7-24-11(9)4-6-19-26(21,22)14-3-2-12(25-14)10-8-13(23-20-10)15(16,17)18/h2-3,5,7-8,19H,4,6H2,1H3. The Kier molecular flexibility index (Phi) is 5.24. The van der Waals surface area contributed by atoms with Crippen LogP contribution < -0.4 is 4.72 Å². The molecule has 0 radical (unpaired) electrons. The summed E-state index contributed by atoms with van der Waals surface area (Å²) in [7, 11) is -3.74. The Labute approximate surface area is 155 Å². The van der Waals surface area contributed by atoms with Crippen LogP contribution in [0.4, 0.5) is 13.2 Å². The molecule has 0 aliphatic heterocycles. The molecule has 5 nitrogen and oxygen atoms in total. The molecule has 0 saturated heterocycles. The van der Waals surface area contributed by atoms with Crippen LogP contribution in [-0.4, -0.2) is 20.1 Å². The quantitative estimate of drug-likeness (QED) is 0.642. The van der Waals surface area contributed by atoms with Gasteiger partial charge in [0.25, 0.3) is 0 Å². The Balaban J connectivity index is 1.70. The molecule has 0 bridgehead atoms. The summed E-state index contributed by atoms with van der Waals surface area (Å²) in [6.07, 6.45) is -4.07. The SMILES string of the molecule is Cc1ccsc1CCNS(=O)(=O)c1ccc(-c2cc(C(F)(F)F)on2)s1. The molecule has 140 valence electrons. The number of alkyl halides is 3. The summed E-state index contributed by atoms with van der Waals surface area (Å²) in [5.74, 6) is -1.23. The fraction of sp³-hybridized carbons (Fsp3) is 0.267.